The molecule has 0 aliphatic rings. The second-order valence-electron chi connectivity index (χ2n) is 0.681. The third-order valence-corrected chi connectivity index (χ3v) is 0.200. The van der Waals surface area contributed by atoms with Crippen molar-refractivity contribution in [2.24, 2.45) is 5.18 Å². The van der Waals surface area contributed by atoms with Crippen molar-refractivity contribution in [3.05, 3.63) is 4.91 Å². The molecular formula is C2H3NO3Ru. The van der Waals surface area contributed by atoms with E-state index in [-0.39, 0.29) is 19.5 Å². The number of rotatable bonds is 2. The Hall–Kier alpha value is -0.307. The number of nitrogens with zero attached hydrogens (tertiary/aromatic N) is 1. The number of aliphatic carboxylic acids is 1. The van der Waals surface area contributed by atoms with Crippen LogP contribution in [0.15, 0.2) is 5.18 Å². The molecule has 0 aromatic rings. The molecule has 1 N–H and O–H groups in total. The Labute approximate surface area is 52.6 Å². The number of carbonyl (C=O) groups is 1. The number of carboxylic acid groups (broad SMARTS) is 1. The monoisotopic (exact) mass is 191 g/mol. The van der Waals surface area contributed by atoms with Crippen molar-refractivity contribution >= 4 is 5.97 Å². The average molecular weight is 190 g/mol. The van der Waals surface area contributed by atoms with Crippen molar-refractivity contribution in [3.63, 3.8) is 0 Å². The molecule has 5 heteroatoms. The third kappa shape index (κ3) is 10.7. The molecule has 0 heterocycles. The van der Waals surface area contributed by atoms with Crippen LogP contribution in [0.1, 0.15) is 0 Å². The van der Waals surface area contributed by atoms with Crippen LogP contribution in [0.3, 0.4) is 0 Å². The van der Waals surface area contributed by atoms with Crippen molar-refractivity contribution in [3.8, 4) is 0 Å². The van der Waals surface area contributed by atoms with Crippen LogP contribution in [0.5, 0.6) is 0 Å². The number of hydrogen-bond acceptors (Lipinski definition) is 3. The summed E-state index contributed by atoms with van der Waals surface area (Å²) < 4.78 is 0. The fourth-order valence-corrected chi connectivity index (χ4v) is 0.0552. The van der Waals surface area contributed by atoms with Crippen molar-refractivity contribution in [1.29, 1.82) is 0 Å². The van der Waals surface area contributed by atoms with E-state index in [9.17, 15) is 4.79 Å². The summed E-state index contributed by atoms with van der Waals surface area (Å²) in [5.41, 5.74) is 0. The van der Waals surface area contributed by atoms with Crippen LogP contribution in [-0.2, 0) is 24.3 Å². The summed E-state index contributed by atoms with van der Waals surface area (Å²) in [6, 6.07) is 0. The maximum atomic E-state index is 9.31. The van der Waals surface area contributed by atoms with E-state index in [1.165, 1.54) is 0 Å². The van der Waals surface area contributed by atoms with Crippen molar-refractivity contribution in [1.82, 2.24) is 0 Å². The van der Waals surface area contributed by atoms with Gasteiger partial charge in [-0.2, -0.15) is 4.91 Å². The van der Waals surface area contributed by atoms with Gasteiger partial charge < -0.3 is 5.11 Å². The van der Waals surface area contributed by atoms with Crippen LogP contribution < -0.4 is 0 Å². The average Bonchev–Trinajstić information content (AvgIpc) is 1.35. The smallest absolute Gasteiger partial charge is 0.328 e. The number of nitroso groups, excluding NO2 is 1. The minimum atomic E-state index is -1.19. The molecule has 0 aliphatic carbocycles. The molecule has 0 aromatic heterocycles. The summed E-state index contributed by atoms with van der Waals surface area (Å²) in [4.78, 5) is 18.3. The fourth-order valence-electron chi connectivity index (χ4n) is 0.0552. The second kappa shape index (κ2) is 5.69. The largest absolute Gasteiger partial charge is 0.480 e. The normalized spacial score (nSPS) is 6.29. The van der Waals surface area contributed by atoms with Crippen LogP contribution in [-0.4, -0.2) is 17.6 Å². The van der Waals surface area contributed by atoms with Gasteiger partial charge in [0.1, 0.15) is 0 Å². The van der Waals surface area contributed by atoms with Crippen LogP contribution in [0.25, 0.3) is 0 Å². The van der Waals surface area contributed by atoms with Crippen LogP contribution in [0.2, 0.25) is 0 Å². The van der Waals surface area contributed by atoms with Gasteiger partial charge in [-0.1, -0.05) is 5.18 Å². The summed E-state index contributed by atoms with van der Waals surface area (Å²) >= 11 is 0. The molecule has 7 heavy (non-hydrogen) atoms. The summed E-state index contributed by atoms with van der Waals surface area (Å²) in [6.07, 6.45) is 0. The zero-order valence-electron chi connectivity index (χ0n) is 3.27. The second-order valence-corrected chi connectivity index (χ2v) is 0.681. The Balaban J connectivity index is 0. The molecule has 0 aliphatic heterocycles. The first-order valence-electron chi connectivity index (χ1n) is 1.28. The molecule has 0 radical (unpaired) electrons. The number of hydrogen-bond donors (Lipinski definition) is 1. The van der Waals surface area contributed by atoms with E-state index >= 15 is 0 Å². The molecule has 0 aromatic carbocycles. The molecule has 0 atom stereocenters. The molecule has 0 saturated heterocycles. The van der Waals surface area contributed by atoms with E-state index in [1.54, 1.807) is 0 Å². The van der Waals surface area contributed by atoms with Gasteiger partial charge in [0.2, 0.25) is 0 Å². The molecule has 4 nitrogen and oxygen atoms in total. The Kier molecular flexibility index (Phi) is 8.01. The molecule has 0 spiro atoms. The molecule has 0 saturated carbocycles. The predicted octanol–water partition coefficient (Wildman–Crippen LogP) is -0.165. The van der Waals surface area contributed by atoms with Gasteiger partial charge in [-0.3, -0.25) is 4.79 Å². The summed E-state index contributed by atoms with van der Waals surface area (Å²) in [6.45, 7) is -0.639. The van der Waals surface area contributed by atoms with E-state index in [4.69, 9.17) is 10.0 Å². The minimum absolute atomic E-state index is 0. The van der Waals surface area contributed by atoms with Crippen LogP contribution >= 0.6 is 0 Å². The van der Waals surface area contributed by atoms with Gasteiger partial charge in [0.15, 0.2) is 6.54 Å². The maximum absolute atomic E-state index is 9.31. The Bertz CT molecular complexity index is 73.3. The van der Waals surface area contributed by atoms with E-state index in [0.29, 0.717) is 0 Å². The molecule has 0 fully saturated rings. The van der Waals surface area contributed by atoms with Gasteiger partial charge in [0, 0.05) is 19.5 Å². The SMILES string of the molecule is O=NCC(=O)O.[Ru]. The van der Waals surface area contributed by atoms with Gasteiger partial charge in [-0.25, -0.2) is 0 Å². The van der Waals surface area contributed by atoms with E-state index < -0.39 is 12.5 Å². The molecule has 0 rings (SSSR count). The third-order valence-electron chi connectivity index (χ3n) is 0.200. The zero-order chi connectivity index (χ0) is 4.99. The summed E-state index contributed by atoms with van der Waals surface area (Å²) in [5, 5.41) is 9.71. The standard InChI is InChI=1S/C2H3NO3.Ru/c4-2(5)1-3-6;/h1H2,(H,4,5);. The zero-order valence-corrected chi connectivity index (χ0v) is 5.01. The van der Waals surface area contributed by atoms with Crippen LogP contribution in [0.4, 0.5) is 0 Å². The molecule has 0 unspecified atom stereocenters. The predicted molar refractivity (Wildman–Crippen MR) is 18.3 cm³/mol. The maximum Gasteiger partial charge on any atom is 0.328 e. The Morgan fingerprint density at radius 3 is 2.14 bits per heavy atom. The summed E-state index contributed by atoms with van der Waals surface area (Å²) in [5.74, 6) is -1.19. The minimum Gasteiger partial charge on any atom is -0.480 e. The summed E-state index contributed by atoms with van der Waals surface area (Å²) in [7, 11) is 0. The topological polar surface area (TPSA) is 66.7 Å². The van der Waals surface area contributed by atoms with Gasteiger partial charge >= 0.3 is 5.97 Å². The van der Waals surface area contributed by atoms with Gasteiger partial charge in [0.05, 0.1) is 0 Å². The first-order chi connectivity index (χ1) is 2.77. The van der Waals surface area contributed by atoms with E-state index in [2.05, 4.69) is 5.18 Å². The quantitative estimate of drug-likeness (QED) is 0.485. The number of carboxylic acids is 1. The van der Waals surface area contributed by atoms with Crippen molar-refractivity contribution in [2.45, 2.75) is 0 Å². The van der Waals surface area contributed by atoms with Gasteiger partial charge in [-0.05, 0) is 0 Å². The van der Waals surface area contributed by atoms with Crippen LogP contribution in [0, 0.1) is 4.91 Å². The Morgan fingerprint density at radius 1 is 1.71 bits per heavy atom. The molecule has 0 amide bonds. The first kappa shape index (κ1) is 9.85. The van der Waals surface area contributed by atoms with Gasteiger partial charge in [-0.15, -0.1) is 0 Å². The fraction of sp³-hybridized carbons (Fsp3) is 0.500. The molecular weight excluding hydrogens is 187 g/mol. The van der Waals surface area contributed by atoms with Gasteiger partial charge in [0.25, 0.3) is 0 Å². The van der Waals surface area contributed by atoms with E-state index in [1.807, 2.05) is 0 Å². The first-order valence-corrected chi connectivity index (χ1v) is 1.28. The Morgan fingerprint density at radius 2 is 2.14 bits per heavy atom. The van der Waals surface area contributed by atoms with E-state index in [0.717, 1.165) is 0 Å². The van der Waals surface area contributed by atoms with Crippen molar-refractivity contribution < 1.29 is 29.4 Å². The van der Waals surface area contributed by atoms with Crippen molar-refractivity contribution in [2.75, 3.05) is 6.54 Å². The molecule has 42 valence electrons. The molecule has 0 bridgehead atoms.